The maximum atomic E-state index is 12.2. The van der Waals surface area contributed by atoms with Gasteiger partial charge >= 0.3 is 0 Å². The van der Waals surface area contributed by atoms with Crippen LogP contribution >= 0.6 is 0 Å². The molecule has 3 rings (SSSR count). The number of ether oxygens (including phenoxy) is 1. The number of amides is 1. The molecule has 0 fully saturated rings. The van der Waals surface area contributed by atoms with Gasteiger partial charge in [0.05, 0.1) is 29.3 Å². The zero-order valence-corrected chi connectivity index (χ0v) is 12.7. The first-order valence-electron chi connectivity index (χ1n) is 6.99. The van der Waals surface area contributed by atoms with Crippen molar-refractivity contribution < 1.29 is 14.5 Å². The van der Waals surface area contributed by atoms with E-state index in [-0.39, 0.29) is 23.9 Å². The van der Waals surface area contributed by atoms with Crippen molar-refractivity contribution in [3.05, 3.63) is 52.6 Å². The molecule has 0 bridgehead atoms. The van der Waals surface area contributed by atoms with Gasteiger partial charge in [-0.05, 0) is 18.2 Å². The van der Waals surface area contributed by atoms with Crippen LogP contribution in [0.15, 0.2) is 42.5 Å². The summed E-state index contributed by atoms with van der Waals surface area (Å²) < 4.78 is 6.56. The lowest BCUT2D eigenvalue weighted by Gasteiger charge is -2.10. The van der Waals surface area contributed by atoms with Crippen molar-refractivity contribution in [3.8, 4) is 5.75 Å². The Balaban J connectivity index is 1.78. The van der Waals surface area contributed by atoms with Gasteiger partial charge in [0.1, 0.15) is 17.8 Å². The number of hydrogen-bond acceptors (Lipinski definition) is 6. The van der Waals surface area contributed by atoms with Gasteiger partial charge in [0.25, 0.3) is 5.69 Å². The number of fused-ring (bicyclic) bond motifs is 1. The standard InChI is InChI=1S/C15H13N5O4/c1-24-14-8-10(20(22)23)6-7-12(14)16-15(21)9-19-13-5-3-2-4-11(13)17-18-19/h2-8H,9H2,1H3,(H,16,21). The summed E-state index contributed by atoms with van der Waals surface area (Å²) >= 11 is 0. The van der Waals surface area contributed by atoms with Crippen molar-refractivity contribution >= 4 is 28.3 Å². The number of methoxy groups -OCH3 is 1. The molecule has 1 aromatic heterocycles. The van der Waals surface area contributed by atoms with E-state index in [1.54, 1.807) is 6.07 Å². The Morgan fingerprint density at radius 2 is 2.12 bits per heavy atom. The summed E-state index contributed by atoms with van der Waals surface area (Å²) in [5.41, 5.74) is 1.66. The minimum atomic E-state index is -0.532. The number of rotatable bonds is 5. The molecule has 9 nitrogen and oxygen atoms in total. The van der Waals surface area contributed by atoms with Crippen molar-refractivity contribution in [2.45, 2.75) is 6.54 Å². The second-order valence-electron chi connectivity index (χ2n) is 4.93. The molecule has 1 amide bonds. The van der Waals surface area contributed by atoms with Crippen molar-refractivity contribution in [1.82, 2.24) is 15.0 Å². The Labute approximate surface area is 136 Å². The van der Waals surface area contributed by atoms with Crippen LogP contribution in [0.3, 0.4) is 0 Å². The third-order valence-corrected chi connectivity index (χ3v) is 3.38. The molecule has 1 heterocycles. The van der Waals surface area contributed by atoms with E-state index in [9.17, 15) is 14.9 Å². The number of non-ortho nitro benzene ring substituents is 1. The van der Waals surface area contributed by atoms with Gasteiger partial charge in [0, 0.05) is 6.07 Å². The first kappa shape index (κ1) is 15.4. The summed E-state index contributed by atoms with van der Waals surface area (Å²) in [5.74, 6) is -0.140. The summed E-state index contributed by atoms with van der Waals surface area (Å²) in [4.78, 5) is 22.5. The van der Waals surface area contributed by atoms with Gasteiger partial charge in [-0.25, -0.2) is 4.68 Å². The highest BCUT2D eigenvalue weighted by Crippen LogP contribution is 2.29. The fourth-order valence-electron chi connectivity index (χ4n) is 2.26. The zero-order valence-electron chi connectivity index (χ0n) is 12.7. The second-order valence-corrected chi connectivity index (χ2v) is 4.93. The molecule has 122 valence electrons. The Morgan fingerprint density at radius 3 is 2.88 bits per heavy atom. The van der Waals surface area contributed by atoms with Crippen molar-refractivity contribution in [1.29, 1.82) is 0 Å². The van der Waals surface area contributed by atoms with Gasteiger partial charge in [-0.1, -0.05) is 17.3 Å². The van der Waals surface area contributed by atoms with Crippen molar-refractivity contribution in [3.63, 3.8) is 0 Å². The highest BCUT2D eigenvalue weighted by atomic mass is 16.6. The van der Waals surface area contributed by atoms with E-state index < -0.39 is 4.92 Å². The quantitative estimate of drug-likeness (QED) is 0.566. The summed E-state index contributed by atoms with van der Waals surface area (Å²) in [6.45, 7) is -0.0410. The lowest BCUT2D eigenvalue weighted by molar-refractivity contribution is -0.384. The van der Waals surface area contributed by atoms with E-state index in [4.69, 9.17) is 4.74 Å². The highest BCUT2D eigenvalue weighted by Gasteiger charge is 2.14. The average molecular weight is 327 g/mol. The Morgan fingerprint density at radius 1 is 1.33 bits per heavy atom. The van der Waals surface area contributed by atoms with Crippen LogP contribution < -0.4 is 10.1 Å². The average Bonchev–Trinajstić information content (AvgIpc) is 2.98. The Hall–Kier alpha value is -3.49. The summed E-state index contributed by atoms with van der Waals surface area (Å²) in [6.07, 6.45) is 0. The van der Waals surface area contributed by atoms with Gasteiger partial charge in [-0.2, -0.15) is 0 Å². The molecule has 0 aliphatic rings. The maximum absolute atomic E-state index is 12.2. The molecular weight excluding hydrogens is 314 g/mol. The molecule has 0 unspecified atom stereocenters. The topological polar surface area (TPSA) is 112 Å². The van der Waals surface area contributed by atoms with E-state index in [0.29, 0.717) is 11.2 Å². The Bertz CT molecular complexity index is 921. The molecule has 1 N–H and O–H groups in total. The van der Waals surface area contributed by atoms with Crippen LogP contribution in [0.5, 0.6) is 5.75 Å². The largest absolute Gasteiger partial charge is 0.494 e. The number of carbonyl (C=O) groups is 1. The predicted molar refractivity (Wildman–Crippen MR) is 85.8 cm³/mol. The molecule has 0 atom stereocenters. The summed E-state index contributed by atoms with van der Waals surface area (Å²) in [6, 6.07) is 11.3. The Kier molecular flexibility index (Phi) is 4.06. The number of carbonyl (C=O) groups excluding carboxylic acids is 1. The molecule has 0 spiro atoms. The second kappa shape index (κ2) is 6.32. The number of nitrogens with zero attached hydrogens (tertiary/aromatic N) is 4. The van der Waals surface area contributed by atoms with Crippen LogP contribution in [0.2, 0.25) is 0 Å². The predicted octanol–water partition coefficient (Wildman–Crippen LogP) is 1.99. The van der Waals surface area contributed by atoms with Crippen LogP contribution in [-0.4, -0.2) is 32.9 Å². The van der Waals surface area contributed by atoms with Crippen LogP contribution in [-0.2, 0) is 11.3 Å². The molecular formula is C15H13N5O4. The number of aromatic nitrogens is 3. The molecule has 0 aliphatic carbocycles. The van der Waals surface area contributed by atoms with E-state index >= 15 is 0 Å². The first-order valence-corrected chi connectivity index (χ1v) is 6.99. The number of nitro benzene ring substituents is 1. The van der Waals surface area contributed by atoms with Crippen molar-refractivity contribution in [2.75, 3.05) is 12.4 Å². The van der Waals surface area contributed by atoms with E-state index in [1.165, 1.54) is 30.0 Å². The first-order chi connectivity index (χ1) is 11.6. The van der Waals surface area contributed by atoms with Crippen molar-refractivity contribution in [2.24, 2.45) is 0 Å². The van der Waals surface area contributed by atoms with Gasteiger partial charge in [-0.3, -0.25) is 14.9 Å². The van der Waals surface area contributed by atoms with Crippen LogP contribution in [0, 0.1) is 10.1 Å². The molecule has 0 saturated carbocycles. The number of para-hydroxylation sites is 1. The number of benzene rings is 2. The minimum absolute atomic E-state index is 0.0410. The molecule has 0 aliphatic heterocycles. The normalized spacial score (nSPS) is 10.5. The minimum Gasteiger partial charge on any atom is -0.494 e. The lowest BCUT2D eigenvalue weighted by atomic mass is 10.2. The molecule has 3 aromatic rings. The van der Waals surface area contributed by atoms with Gasteiger partial charge in [0.15, 0.2) is 0 Å². The molecule has 0 saturated heterocycles. The van der Waals surface area contributed by atoms with E-state index in [0.717, 1.165) is 5.52 Å². The number of anilines is 1. The van der Waals surface area contributed by atoms with Gasteiger partial charge in [-0.15, -0.1) is 5.10 Å². The highest BCUT2D eigenvalue weighted by molar-refractivity contribution is 5.93. The monoisotopic (exact) mass is 327 g/mol. The molecule has 2 aromatic carbocycles. The molecule has 0 radical (unpaired) electrons. The molecule has 9 heteroatoms. The number of hydrogen-bond donors (Lipinski definition) is 1. The smallest absolute Gasteiger partial charge is 0.273 e. The zero-order chi connectivity index (χ0) is 17.1. The lowest BCUT2D eigenvalue weighted by Crippen LogP contribution is -2.20. The fraction of sp³-hybridized carbons (Fsp3) is 0.133. The van der Waals surface area contributed by atoms with Crippen LogP contribution in [0.25, 0.3) is 11.0 Å². The van der Waals surface area contributed by atoms with Crippen LogP contribution in [0.4, 0.5) is 11.4 Å². The van der Waals surface area contributed by atoms with Crippen LogP contribution in [0.1, 0.15) is 0 Å². The summed E-state index contributed by atoms with van der Waals surface area (Å²) in [7, 11) is 1.37. The fourth-order valence-corrected chi connectivity index (χ4v) is 2.26. The SMILES string of the molecule is COc1cc([N+](=O)[O-])ccc1NC(=O)Cn1nnc2ccccc21. The maximum Gasteiger partial charge on any atom is 0.273 e. The molecule has 24 heavy (non-hydrogen) atoms. The third kappa shape index (κ3) is 3.00. The number of nitro groups is 1. The van der Waals surface area contributed by atoms with Gasteiger partial charge in [0.2, 0.25) is 5.91 Å². The number of nitrogens with one attached hydrogen (secondary N) is 1. The van der Waals surface area contributed by atoms with E-state index in [1.807, 2.05) is 18.2 Å². The van der Waals surface area contributed by atoms with E-state index in [2.05, 4.69) is 15.6 Å². The third-order valence-electron chi connectivity index (χ3n) is 3.38. The summed E-state index contributed by atoms with van der Waals surface area (Å²) in [5, 5.41) is 21.4. The van der Waals surface area contributed by atoms with Gasteiger partial charge < -0.3 is 10.1 Å².